The highest BCUT2D eigenvalue weighted by molar-refractivity contribution is 9.10. The molecule has 0 aliphatic rings. The van der Waals surface area contributed by atoms with Gasteiger partial charge in [-0.05, 0) is 33.5 Å². The molecule has 1 amide bonds. The summed E-state index contributed by atoms with van der Waals surface area (Å²) in [6.45, 7) is 5.93. The summed E-state index contributed by atoms with van der Waals surface area (Å²) in [5.74, 6) is 0.230. The van der Waals surface area contributed by atoms with Crippen LogP contribution in [0.15, 0.2) is 22.7 Å². The summed E-state index contributed by atoms with van der Waals surface area (Å²) in [5, 5.41) is 5.98. The van der Waals surface area contributed by atoms with Crippen LogP contribution in [-0.4, -0.2) is 19.0 Å². The number of benzene rings is 1. The quantitative estimate of drug-likeness (QED) is 0.755. The molecule has 19 heavy (non-hydrogen) atoms. The van der Waals surface area contributed by atoms with Gasteiger partial charge in [0.25, 0.3) is 0 Å². The van der Waals surface area contributed by atoms with E-state index in [-0.39, 0.29) is 11.7 Å². The molecule has 0 saturated heterocycles. The number of amides is 1. The molecule has 0 fully saturated rings. The van der Waals surface area contributed by atoms with Gasteiger partial charge in [-0.15, -0.1) is 0 Å². The first kappa shape index (κ1) is 16.1. The SMILES string of the molecule is CC(C)CNC(=O)CCNCc1cccc(F)c1Br. The summed E-state index contributed by atoms with van der Waals surface area (Å²) in [6, 6.07) is 4.93. The van der Waals surface area contributed by atoms with E-state index in [1.807, 2.05) is 6.07 Å². The molecular formula is C14H20BrFN2O. The fraction of sp³-hybridized carbons (Fsp3) is 0.500. The first-order valence-electron chi connectivity index (χ1n) is 6.41. The van der Waals surface area contributed by atoms with Gasteiger partial charge in [-0.25, -0.2) is 4.39 Å². The van der Waals surface area contributed by atoms with Crippen molar-refractivity contribution in [1.82, 2.24) is 10.6 Å². The average molecular weight is 331 g/mol. The Kier molecular flexibility index (Phi) is 7.02. The van der Waals surface area contributed by atoms with E-state index in [0.29, 0.717) is 36.4 Å². The average Bonchev–Trinajstić information content (AvgIpc) is 2.37. The van der Waals surface area contributed by atoms with Crippen molar-refractivity contribution in [3.8, 4) is 0 Å². The highest BCUT2D eigenvalue weighted by Crippen LogP contribution is 2.19. The molecule has 1 rings (SSSR count). The van der Waals surface area contributed by atoms with Crippen LogP contribution in [0, 0.1) is 11.7 Å². The Morgan fingerprint density at radius 3 is 2.84 bits per heavy atom. The number of halogens is 2. The zero-order valence-corrected chi connectivity index (χ0v) is 12.9. The van der Waals surface area contributed by atoms with Crippen LogP contribution in [0.25, 0.3) is 0 Å². The number of rotatable bonds is 7. The number of hydrogen-bond donors (Lipinski definition) is 2. The molecule has 0 aliphatic carbocycles. The van der Waals surface area contributed by atoms with Crippen LogP contribution in [0.1, 0.15) is 25.8 Å². The minimum atomic E-state index is -0.269. The normalized spacial score (nSPS) is 10.8. The smallest absolute Gasteiger partial charge is 0.221 e. The molecule has 0 spiro atoms. The monoisotopic (exact) mass is 330 g/mol. The van der Waals surface area contributed by atoms with Crippen molar-refractivity contribution in [1.29, 1.82) is 0 Å². The number of nitrogens with one attached hydrogen (secondary N) is 2. The summed E-state index contributed by atoms with van der Waals surface area (Å²) >= 11 is 3.21. The maximum atomic E-state index is 13.3. The first-order valence-corrected chi connectivity index (χ1v) is 7.20. The summed E-state index contributed by atoms with van der Waals surface area (Å²) in [5.41, 5.74) is 0.850. The molecule has 0 radical (unpaired) electrons. The van der Waals surface area contributed by atoms with Gasteiger partial charge >= 0.3 is 0 Å². The van der Waals surface area contributed by atoms with Crippen molar-refractivity contribution >= 4 is 21.8 Å². The van der Waals surface area contributed by atoms with Crippen molar-refractivity contribution in [3.63, 3.8) is 0 Å². The van der Waals surface area contributed by atoms with Crippen LogP contribution in [0.5, 0.6) is 0 Å². The number of carbonyl (C=O) groups excluding carboxylic acids is 1. The molecule has 0 aromatic heterocycles. The Labute approximate surface area is 122 Å². The molecule has 0 saturated carbocycles. The van der Waals surface area contributed by atoms with Crippen molar-refractivity contribution in [3.05, 3.63) is 34.1 Å². The zero-order chi connectivity index (χ0) is 14.3. The van der Waals surface area contributed by atoms with Gasteiger partial charge in [-0.1, -0.05) is 26.0 Å². The number of hydrogen-bond acceptors (Lipinski definition) is 2. The Hall–Kier alpha value is -0.940. The lowest BCUT2D eigenvalue weighted by Crippen LogP contribution is -2.30. The van der Waals surface area contributed by atoms with Gasteiger partial charge in [0.1, 0.15) is 5.82 Å². The Bertz CT molecular complexity index is 424. The maximum Gasteiger partial charge on any atom is 0.221 e. The van der Waals surface area contributed by atoms with Crippen molar-refractivity contribution in [2.45, 2.75) is 26.8 Å². The van der Waals surface area contributed by atoms with E-state index in [1.54, 1.807) is 6.07 Å². The summed E-state index contributed by atoms with van der Waals surface area (Å²) in [7, 11) is 0. The van der Waals surface area contributed by atoms with Gasteiger partial charge in [0.2, 0.25) is 5.91 Å². The van der Waals surface area contributed by atoms with Gasteiger partial charge in [-0.3, -0.25) is 4.79 Å². The fourth-order valence-corrected chi connectivity index (χ4v) is 1.92. The molecule has 1 aromatic carbocycles. The molecular weight excluding hydrogens is 311 g/mol. The van der Waals surface area contributed by atoms with Crippen LogP contribution in [0.3, 0.4) is 0 Å². The number of carbonyl (C=O) groups is 1. The highest BCUT2D eigenvalue weighted by atomic mass is 79.9. The van der Waals surface area contributed by atoms with Gasteiger partial charge < -0.3 is 10.6 Å². The topological polar surface area (TPSA) is 41.1 Å². The van der Waals surface area contributed by atoms with Crippen LogP contribution in [0.4, 0.5) is 4.39 Å². The molecule has 0 atom stereocenters. The third-order valence-electron chi connectivity index (χ3n) is 2.58. The van der Waals surface area contributed by atoms with E-state index in [0.717, 1.165) is 5.56 Å². The van der Waals surface area contributed by atoms with Crippen molar-refractivity contribution in [2.24, 2.45) is 5.92 Å². The Morgan fingerprint density at radius 1 is 1.42 bits per heavy atom. The Morgan fingerprint density at radius 2 is 2.16 bits per heavy atom. The predicted molar refractivity (Wildman–Crippen MR) is 78.3 cm³/mol. The summed E-state index contributed by atoms with van der Waals surface area (Å²) in [6.07, 6.45) is 0.430. The van der Waals surface area contributed by atoms with Crippen molar-refractivity contribution in [2.75, 3.05) is 13.1 Å². The molecule has 0 aliphatic heterocycles. The highest BCUT2D eigenvalue weighted by Gasteiger charge is 2.05. The van der Waals surface area contributed by atoms with Gasteiger partial charge in [0, 0.05) is 26.1 Å². The molecule has 0 unspecified atom stereocenters. The van der Waals surface area contributed by atoms with Crippen LogP contribution < -0.4 is 10.6 Å². The molecule has 106 valence electrons. The minimum Gasteiger partial charge on any atom is -0.356 e. The largest absolute Gasteiger partial charge is 0.356 e. The fourth-order valence-electron chi connectivity index (χ4n) is 1.52. The molecule has 0 bridgehead atoms. The second kappa shape index (κ2) is 8.27. The van der Waals surface area contributed by atoms with E-state index < -0.39 is 0 Å². The molecule has 0 heterocycles. The van der Waals surface area contributed by atoms with Gasteiger partial charge in [-0.2, -0.15) is 0 Å². The first-order chi connectivity index (χ1) is 9.00. The van der Waals surface area contributed by atoms with Crippen LogP contribution >= 0.6 is 15.9 Å². The molecule has 1 aromatic rings. The third kappa shape index (κ3) is 6.16. The van der Waals surface area contributed by atoms with E-state index in [1.165, 1.54) is 6.07 Å². The van der Waals surface area contributed by atoms with Crippen molar-refractivity contribution < 1.29 is 9.18 Å². The summed E-state index contributed by atoms with van der Waals surface area (Å²) in [4.78, 5) is 11.5. The predicted octanol–water partition coefficient (Wildman–Crippen LogP) is 2.84. The molecule has 2 N–H and O–H groups in total. The molecule has 5 heteroatoms. The van der Waals surface area contributed by atoms with Gasteiger partial charge in [0.15, 0.2) is 0 Å². The van der Waals surface area contributed by atoms with E-state index in [9.17, 15) is 9.18 Å². The second-order valence-corrected chi connectivity index (χ2v) is 5.63. The summed E-state index contributed by atoms with van der Waals surface area (Å²) < 4.78 is 13.7. The second-order valence-electron chi connectivity index (χ2n) is 4.84. The lowest BCUT2D eigenvalue weighted by Gasteiger charge is -2.09. The van der Waals surface area contributed by atoms with Crippen LogP contribution in [-0.2, 0) is 11.3 Å². The molecule has 3 nitrogen and oxygen atoms in total. The van der Waals surface area contributed by atoms with E-state index >= 15 is 0 Å². The lowest BCUT2D eigenvalue weighted by molar-refractivity contribution is -0.121. The minimum absolute atomic E-state index is 0.0412. The Balaban J connectivity index is 2.24. The maximum absolute atomic E-state index is 13.3. The third-order valence-corrected chi connectivity index (χ3v) is 3.47. The van der Waals surface area contributed by atoms with E-state index in [2.05, 4.69) is 40.4 Å². The standard InChI is InChI=1S/C14H20BrFN2O/c1-10(2)8-18-13(19)6-7-17-9-11-4-3-5-12(16)14(11)15/h3-5,10,17H,6-9H2,1-2H3,(H,18,19). The lowest BCUT2D eigenvalue weighted by atomic mass is 10.2. The van der Waals surface area contributed by atoms with Crippen LogP contribution in [0.2, 0.25) is 0 Å². The van der Waals surface area contributed by atoms with Gasteiger partial charge in [0.05, 0.1) is 4.47 Å². The van der Waals surface area contributed by atoms with E-state index in [4.69, 9.17) is 0 Å². The zero-order valence-electron chi connectivity index (χ0n) is 11.3.